The molecule has 2 N–H and O–H groups in total. The molecule has 31 heavy (non-hydrogen) atoms. The van der Waals surface area contributed by atoms with Gasteiger partial charge < -0.3 is 10.6 Å². The number of benzene rings is 2. The second-order valence-corrected chi connectivity index (χ2v) is 9.92. The van der Waals surface area contributed by atoms with Gasteiger partial charge in [0.1, 0.15) is 0 Å². The number of aromatic nitrogens is 2. The minimum absolute atomic E-state index is 0.102. The summed E-state index contributed by atoms with van der Waals surface area (Å²) in [7, 11) is 0. The van der Waals surface area contributed by atoms with E-state index in [4.69, 9.17) is 11.6 Å². The molecule has 3 aromatic rings. The average molecular weight is 478 g/mol. The lowest BCUT2D eigenvalue weighted by molar-refractivity contribution is -0.384. The molecule has 162 valence electrons. The van der Waals surface area contributed by atoms with Crippen molar-refractivity contribution in [2.24, 2.45) is 0 Å². The lowest BCUT2D eigenvalue weighted by atomic mass is 10.0. The predicted octanol–water partition coefficient (Wildman–Crippen LogP) is 6.09. The molecule has 8 nitrogen and oxygen atoms in total. The van der Waals surface area contributed by atoms with Crippen LogP contribution in [0.25, 0.3) is 0 Å². The number of nitro benzene ring substituents is 1. The minimum atomic E-state index is -0.546. The Hall–Kier alpha value is -2.69. The molecule has 0 bridgehead atoms. The summed E-state index contributed by atoms with van der Waals surface area (Å²) in [6, 6.07) is 12.0. The van der Waals surface area contributed by atoms with E-state index in [0.717, 1.165) is 5.69 Å². The van der Waals surface area contributed by atoms with E-state index in [1.54, 1.807) is 6.92 Å². The number of anilines is 3. The highest BCUT2D eigenvalue weighted by atomic mass is 35.5. The number of hydrogen-bond donors (Lipinski definition) is 2. The molecule has 0 spiro atoms. The van der Waals surface area contributed by atoms with Crippen LogP contribution in [0.2, 0.25) is 5.02 Å². The Labute approximate surface area is 192 Å². The van der Waals surface area contributed by atoms with Crippen LogP contribution in [0.15, 0.2) is 46.8 Å². The second kappa shape index (κ2) is 10.1. The largest absolute Gasteiger partial charge is 0.330 e. The van der Waals surface area contributed by atoms with Crippen LogP contribution in [-0.2, 0) is 4.79 Å². The third kappa shape index (κ3) is 6.16. The van der Waals surface area contributed by atoms with Crippen molar-refractivity contribution in [3.05, 3.63) is 63.2 Å². The fourth-order valence-electron chi connectivity index (χ4n) is 2.54. The first-order valence-electron chi connectivity index (χ1n) is 9.35. The van der Waals surface area contributed by atoms with Crippen LogP contribution in [0.3, 0.4) is 0 Å². The molecular formula is C20H20ClN5O3S2. The zero-order chi connectivity index (χ0) is 22.5. The maximum atomic E-state index is 12.5. The molecule has 3 rings (SSSR count). The van der Waals surface area contributed by atoms with E-state index in [1.807, 2.05) is 12.1 Å². The van der Waals surface area contributed by atoms with Crippen LogP contribution < -0.4 is 10.6 Å². The quantitative estimate of drug-likeness (QED) is 0.229. The highest BCUT2D eigenvalue weighted by Crippen LogP contribution is 2.32. The maximum absolute atomic E-state index is 12.5. The number of amides is 1. The zero-order valence-corrected chi connectivity index (χ0v) is 19.3. The molecule has 0 unspecified atom stereocenters. The summed E-state index contributed by atoms with van der Waals surface area (Å²) in [5.74, 6) is 0.168. The first-order valence-corrected chi connectivity index (χ1v) is 11.4. The van der Waals surface area contributed by atoms with Crippen molar-refractivity contribution in [3.63, 3.8) is 0 Å². The van der Waals surface area contributed by atoms with Crippen molar-refractivity contribution in [2.45, 2.75) is 36.3 Å². The van der Waals surface area contributed by atoms with E-state index in [0.29, 0.717) is 21.1 Å². The summed E-state index contributed by atoms with van der Waals surface area (Å²) < 4.78 is 0.638. The molecule has 11 heteroatoms. The number of carbonyl (C=O) groups excluding carboxylic acids is 1. The molecule has 2 aromatic carbocycles. The molecule has 0 fully saturated rings. The van der Waals surface area contributed by atoms with Crippen molar-refractivity contribution in [1.29, 1.82) is 0 Å². The van der Waals surface area contributed by atoms with Gasteiger partial charge in [-0.1, -0.05) is 60.7 Å². The van der Waals surface area contributed by atoms with E-state index in [-0.39, 0.29) is 16.6 Å². The fraction of sp³-hybridized carbons (Fsp3) is 0.250. The van der Waals surface area contributed by atoms with Gasteiger partial charge in [-0.15, -0.1) is 10.2 Å². The Morgan fingerprint density at radius 2 is 1.87 bits per heavy atom. The third-order valence-corrected chi connectivity index (χ3v) is 6.64. The van der Waals surface area contributed by atoms with Crippen LogP contribution in [-0.4, -0.2) is 26.3 Å². The molecule has 0 saturated carbocycles. The van der Waals surface area contributed by atoms with Gasteiger partial charge in [-0.05, 0) is 36.6 Å². The van der Waals surface area contributed by atoms with Crippen molar-refractivity contribution in [3.8, 4) is 0 Å². The molecule has 1 aromatic heterocycles. The van der Waals surface area contributed by atoms with Crippen LogP contribution in [0.1, 0.15) is 32.3 Å². The van der Waals surface area contributed by atoms with Crippen molar-refractivity contribution in [1.82, 2.24) is 10.2 Å². The van der Waals surface area contributed by atoms with Crippen LogP contribution in [0.4, 0.5) is 22.2 Å². The van der Waals surface area contributed by atoms with Gasteiger partial charge in [-0.25, -0.2) is 0 Å². The average Bonchev–Trinajstić information content (AvgIpc) is 3.16. The first-order chi connectivity index (χ1) is 14.7. The topological polar surface area (TPSA) is 110 Å². The SMILES string of the molecule is CC(C)c1ccc(Nc2nnc(S[C@H](C)C(=O)Nc3ccc([N+](=O)[O-])cc3Cl)s2)cc1. The smallest absolute Gasteiger partial charge is 0.271 e. The number of non-ortho nitro benzene ring substituents is 1. The lowest BCUT2D eigenvalue weighted by Gasteiger charge is -2.11. The van der Waals surface area contributed by atoms with Crippen molar-refractivity contribution in [2.75, 3.05) is 10.6 Å². The summed E-state index contributed by atoms with van der Waals surface area (Å²) in [5, 5.41) is 25.2. The molecule has 1 heterocycles. The number of halogens is 1. The number of hydrogen-bond acceptors (Lipinski definition) is 8. The third-order valence-electron chi connectivity index (χ3n) is 4.30. The highest BCUT2D eigenvalue weighted by Gasteiger charge is 2.19. The number of nitrogens with one attached hydrogen (secondary N) is 2. The van der Waals surface area contributed by atoms with Crippen LogP contribution in [0.5, 0.6) is 0 Å². The van der Waals surface area contributed by atoms with E-state index < -0.39 is 10.2 Å². The number of nitrogens with zero attached hydrogens (tertiary/aromatic N) is 3. The molecule has 0 saturated heterocycles. The van der Waals surface area contributed by atoms with Crippen LogP contribution in [0, 0.1) is 10.1 Å². The summed E-state index contributed by atoms with van der Waals surface area (Å²) in [6.07, 6.45) is 0. The summed E-state index contributed by atoms with van der Waals surface area (Å²) in [5.41, 5.74) is 2.34. The van der Waals surface area contributed by atoms with E-state index in [1.165, 1.54) is 46.9 Å². The Balaban J connectivity index is 1.58. The molecule has 1 amide bonds. The Bertz CT molecular complexity index is 1090. The fourth-order valence-corrected chi connectivity index (χ4v) is 4.68. The zero-order valence-electron chi connectivity index (χ0n) is 17.0. The normalized spacial score (nSPS) is 11.9. The van der Waals surface area contributed by atoms with Crippen LogP contribution >= 0.6 is 34.7 Å². The number of nitro groups is 1. The van der Waals surface area contributed by atoms with E-state index >= 15 is 0 Å². The molecule has 0 radical (unpaired) electrons. The van der Waals surface area contributed by atoms with E-state index in [2.05, 4.69) is 46.8 Å². The summed E-state index contributed by atoms with van der Waals surface area (Å²) in [6.45, 7) is 6.02. The Kier molecular flexibility index (Phi) is 7.47. The maximum Gasteiger partial charge on any atom is 0.271 e. The Morgan fingerprint density at radius 1 is 1.16 bits per heavy atom. The van der Waals surface area contributed by atoms with Gasteiger partial charge in [-0.3, -0.25) is 14.9 Å². The van der Waals surface area contributed by atoms with Crippen molar-refractivity contribution < 1.29 is 9.72 Å². The first kappa shape index (κ1) is 23.0. The molecular weight excluding hydrogens is 458 g/mol. The number of carbonyl (C=O) groups is 1. The molecule has 0 aliphatic carbocycles. The van der Waals surface area contributed by atoms with Gasteiger partial charge in [0.25, 0.3) is 5.69 Å². The molecule has 0 aliphatic heterocycles. The molecule has 1 atom stereocenters. The Morgan fingerprint density at radius 3 is 2.48 bits per heavy atom. The monoisotopic (exact) mass is 477 g/mol. The minimum Gasteiger partial charge on any atom is -0.330 e. The van der Waals surface area contributed by atoms with Gasteiger partial charge >= 0.3 is 0 Å². The van der Waals surface area contributed by atoms with E-state index in [9.17, 15) is 14.9 Å². The van der Waals surface area contributed by atoms with Gasteiger partial charge in [-0.2, -0.15) is 0 Å². The lowest BCUT2D eigenvalue weighted by Crippen LogP contribution is -2.22. The van der Waals surface area contributed by atoms with Gasteiger partial charge in [0.05, 0.1) is 20.9 Å². The number of thioether (sulfide) groups is 1. The highest BCUT2D eigenvalue weighted by molar-refractivity contribution is 8.02. The molecule has 0 aliphatic rings. The van der Waals surface area contributed by atoms with Gasteiger partial charge in [0, 0.05) is 17.8 Å². The second-order valence-electron chi connectivity index (χ2n) is 6.95. The standard InChI is InChI=1S/C20H20ClN5O3S2/c1-11(2)13-4-6-14(7-5-13)22-19-24-25-20(31-19)30-12(3)18(27)23-17-9-8-15(26(28)29)10-16(17)21/h4-12H,1-3H3,(H,22,24)(H,23,27)/t12-/m1/s1. The summed E-state index contributed by atoms with van der Waals surface area (Å²) in [4.78, 5) is 22.7. The summed E-state index contributed by atoms with van der Waals surface area (Å²) >= 11 is 8.65. The predicted molar refractivity (Wildman–Crippen MR) is 126 cm³/mol. The van der Waals surface area contributed by atoms with Gasteiger partial charge in [0.2, 0.25) is 11.0 Å². The van der Waals surface area contributed by atoms with Gasteiger partial charge in [0.15, 0.2) is 4.34 Å². The van der Waals surface area contributed by atoms with Crippen molar-refractivity contribution >= 4 is 62.8 Å². The number of rotatable bonds is 8.